The number of anilines is 1. The number of hydrogen-bond donors (Lipinski definition) is 2. The molecule has 2 aromatic carbocycles. The summed E-state index contributed by atoms with van der Waals surface area (Å²) in [6.07, 6.45) is 0. The molecule has 0 saturated heterocycles. The number of aromatic carboxylic acids is 1. The lowest BCUT2D eigenvalue weighted by Gasteiger charge is -2.11. The Labute approximate surface area is 131 Å². The van der Waals surface area contributed by atoms with E-state index in [1.165, 1.54) is 18.2 Å². The molecule has 22 heavy (non-hydrogen) atoms. The summed E-state index contributed by atoms with van der Waals surface area (Å²) in [4.78, 5) is 10.5. The maximum atomic E-state index is 13.7. The molecule has 0 aromatic heterocycles. The average Bonchev–Trinajstić information content (AvgIpc) is 2.42. The zero-order valence-corrected chi connectivity index (χ0v) is 12.9. The van der Waals surface area contributed by atoms with Gasteiger partial charge in [0.1, 0.15) is 10.7 Å². The van der Waals surface area contributed by atoms with Crippen molar-refractivity contribution in [3.05, 3.63) is 58.4 Å². The summed E-state index contributed by atoms with van der Waals surface area (Å²) in [5, 5.41) is 8.76. The van der Waals surface area contributed by atoms with E-state index >= 15 is 0 Å². The van der Waals surface area contributed by atoms with Gasteiger partial charge < -0.3 is 5.11 Å². The van der Waals surface area contributed by atoms with Gasteiger partial charge in [-0.15, -0.1) is 0 Å². The van der Waals surface area contributed by atoms with Gasteiger partial charge in [0, 0.05) is 0 Å². The SMILES string of the molecule is Cc1ccc(F)c(NS(=O)(=O)c2cc(C(=O)O)ccc2Cl)c1. The molecule has 2 aromatic rings. The molecule has 0 fully saturated rings. The van der Waals surface area contributed by atoms with Crippen LogP contribution in [-0.2, 0) is 10.0 Å². The number of benzene rings is 2. The molecular weight excluding hydrogens is 333 g/mol. The van der Waals surface area contributed by atoms with Crippen LogP contribution < -0.4 is 4.72 Å². The molecule has 8 heteroatoms. The molecule has 2 N–H and O–H groups in total. The van der Waals surface area contributed by atoms with Gasteiger partial charge in [-0.3, -0.25) is 4.72 Å². The lowest BCUT2D eigenvalue weighted by atomic mass is 10.2. The molecule has 0 amide bonds. The second-order valence-electron chi connectivity index (χ2n) is 4.54. The van der Waals surface area contributed by atoms with Gasteiger partial charge in [-0.2, -0.15) is 0 Å². The van der Waals surface area contributed by atoms with E-state index in [9.17, 15) is 17.6 Å². The highest BCUT2D eigenvalue weighted by atomic mass is 35.5. The van der Waals surface area contributed by atoms with Crippen LogP contribution in [0, 0.1) is 12.7 Å². The largest absolute Gasteiger partial charge is 0.478 e. The highest BCUT2D eigenvalue weighted by molar-refractivity contribution is 7.92. The minimum absolute atomic E-state index is 0.162. The Hall–Kier alpha value is -2.12. The van der Waals surface area contributed by atoms with E-state index in [2.05, 4.69) is 4.72 Å². The van der Waals surface area contributed by atoms with E-state index < -0.39 is 26.7 Å². The topological polar surface area (TPSA) is 83.5 Å². The van der Waals surface area contributed by atoms with Crippen molar-refractivity contribution in [2.24, 2.45) is 0 Å². The van der Waals surface area contributed by atoms with Crippen molar-refractivity contribution < 1.29 is 22.7 Å². The second kappa shape index (κ2) is 5.94. The fourth-order valence-corrected chi connectivity index (χ4v) is 3.34. The van der Waals surface area contributed by atoms with E-state index in [1.807, 2.05) is 0 Å². The van der Waals surface area contributed by atoms with Gasteiger partial charge in [0.25, 0.3) is 10.0 Å². The summed E-state index contributed by atoms with van der Waals surface area (Å²) in [6, 6.07) is 7.19. The van der Waals surface area contributed by atoms with E-state index in [0.29, 0.717) is 5.56 Å². The summed E-state index contributed by atoms with van der Waals surface area (Å²) in [7, 11) is -4.22. The van der Waals surface area contributed by atoms with Crippen molar-refractivity contribution in [1.82, 2.24) is 0 Å². The summed E-state index contributed by atoms with van der Waals surface area (Å²) in [6.45, 7) is 1.68. The smallest absolute Gasteiger partial charge is 0.335 e. The average molecular weight is 344 g/mol. The van der Waals surface area contributed by atoms with Crippen LogP contribution in [0.1, 0.15) is 15.9 Å². The number of aryl methyl sites for hydroxylation is 1. The van der Waals surface area contributed by atoms with Crippen LogP contribution in [0.3, 0.4) is 0 Å². The monoisotopic (exact) mass is 343 g/mol. The number of rotatable bonds is 4. The van der Waals surface area contributed by atoms with Gasteiger partial charge in [0.2, 0.25) is 0 Å². The number of nitrogens with one attached hydrogen (secondary N) is 1. The molecule has 116 valence electrons. The van der Waals surface area contributed by atoms with Crippen LogP contribution in [0.4, 0.5) is 10.1 Å². The van der Waals surface area contributed by atoms with Crippen LogP contribution in [0.2, 0.25) is 5.02 Å². The number of sulfonamides is 1. The third-order valence-electron chi connectivity index (χ3n) is 2.83. The first-order valence-corrected chi connectivity index (χ1v) is 7.88. The molecule has 0 atom stereocenters. The second-order valence-corrected chi connectivity index (χ2v) is 6.60. The van der Waals surface area contributed by atoms with E-state index in [-0.39, 0.29) is 16.3 Å². The molecule has 0 aliphatic rings. The zero-order chi connectivity index (χ0) is 16.5. The van der Waals surface area contributed by atoms with E-state index in [4.69, 9.17) is 16.7 Å². The van der Waals surface area contributed by atoms with Crippen molar-refractivity contribution in [1.29, 1.82) is 0 Å². The predicted octanol–water partition coefficient (Wildman–Crippen LogP) is 3.29. The van der Waals surface area contributed by atoms with Crippen LogP contribution in [0.25, 0.3) is 0 Å². The Bertz CT molecular complexity index is 852. The molecule has 0 saturated carbocycles. The minimum Gasteiger partial charge on any atom is -0.478 e. The zero-order valence-electron chi connectivity index (χ0n) is 11.3. The fraction of sp³-hybridized carbons (Fsp3) is 0.0714. The van der Waals surface area contributed by atoms with Crippen molar-refractivity contribution in [2.75, 3.05) is 4.72 Å². The summed E-state index contributed by atoms with van der Waals surface area (Å²) < 4.78 is 40.4. The number of carboxylic acids is 1. The first-order chi connectivity index (χ1) is 10.2. The molecule has 0 unspecified atom stereocenters. The third kappa shape index (κ3) is 3.37. The highest BCUT2D eigenvalue weighted by Gasteiger charge is 2.21. The number of carboxylic acid groups (broad SMARTS) is 1. The minimum atomic E-state index is -4.22. The van der Waals surface area contributed by atoms with Gasteiger partial charge in [0.05, 0.1) is 16.3 Å². The third-order valence-corrected chi connectivity index (χ3v) is 4.68. The molecule has 0 aliphatic heterocycles. The quantitative estimate of drug-likeness (QED) is 0.892. The first-order valence-electron chi connectivity index (χ1n) is 6.02. The summed E-state index contributed by atoms with van der Waals surface area (Å²) in [5.41, 5.74) is 0.177. The molecule has 0 spiro atoms. The molecule has 0 radical (unpaired) electrons. The lowest BCUT2D eigenvalue weighted by molar-refractivity contribution is 0.0696. The van der Waals surface area contributed by atoms with Gasteiger partial charge in [-0.25, -0.2) is 17.6 Å². The van der Waals surface area contributed by atoms with Crippen molar-refractivity contribution in [3.8, 4) is 0 Å². The van der Waals surface area contributed by atoms with Gasteiger partial charge >= 0.3 is 5.97 Å². The maximum Gasteiger partial charge on any atom is 0.335 e. The number of hydrogen-bond acceptors (Lipinski definition) is 3. The fourth-order valence-electron chi connectivity index (χ4n) is 1.76. The Morgan fingerprint density at radius 3 is 2.55 bits per heavy atom. The predicted molar refractivity (Wildman–Crippen MR) is 80.4 cm³/mol. The highest BCUT2D eigenvalue weighted by Crippen LogP contribution is 2.26. The number of halogens is 2. The van der Waals surface area contributed by atoms with E-state index in [1.54, 1.807) is 6.92 Å². The normalized spacial score (nSPS) is 11.2. The maximum absolute atomic E-state index is 13.7. The van der Waals surface area contributed by atoms with Crippen LogP contribution in [0.5, 0.6) is 0 Å². The Balaban J connectivity index is 2.49. The lowest BCUT2D eigenvalue weighted by Crippen LogP contribution is -2.15. The molecule has 0 bridgehead atoms. The van der Waals surface area contributed by atoms with Gasteiger partial charge in [-0.1, -0.05) is 17.7 Å². The molecule has 0 heterocycles. The van der Waals surface area contributed by atoms with Crippen LogP contribution in [0.15, 0.2) is 41.3 Å². The number of carbonyl (C=O) groups is 1. The van der Waals surface area contributed by atoms with Gasteiger partial charge in [-0.05, 0) is 42.8 Å². The van der Waals surface area contributed by atoms with Crippen LogP contribution >= 0.6 is 11.6 Å². The molecule has 5 nitrogen and oxygen atoms in total. The molecule has 2 rings (SSSR count). The van der Waals surface area contributed by atoms with Crippen LogP contribution in [-0.4, -0.2) is 19.5 Å². The Kier molecular flexibility index (Phi) is 4.39. The Morgan fingerprint density at radius 2 is 1.91 bits per heavy atom. The molecule has 0 aliphatic carbocycles. The van der Waals surface area contributed by atoms with Crippen molar-refractivity contribution in [3.63, 3.8) is 0 Å². The molecular formula is C14H11ClFNO4S. The Morgan fingerprint density at radius 1 is 1.23 bits per heavy atom. The van der Waals surface area contributed by atoms with Gasteiger partial charge in [0.15, 0.2) is 0 Å². The van der Waals surface area contributed by atoms with Crippen molar-refractivity contribution in [2.45, 2.75) is 11.8 Å². The summed E-state index contributed by atoms with van der Waals surface area (Å²) in [5.74, 6) is -2.05. The standard InChI is InChI=1S/C14H11ClFNO4S/c1-8-2-5-11(16)12(6-8)17-22(20,21)13-7-9(14(18)19)3-4-10(13)15/h2-7,17H,1H3,(H,18,19). The first kappa shape index (κ1) is 16.3. The summed E-state index contributed by atoms with van der Waals surface area (Å²) >= 11 is 5.82. The van der Waals surface area contributed by atoms with E-state index in [0.717, 1.165) is 18.2 Å². The van der Waals surface area contributed by atoms with Crippen molar-refractivity contribution >= 4 is 33.3 Å².